The first-order valence-electron chi connectivity index (χ1n) is 5.86. The van der Waals surface area contributed by atoms with E-state index in [2.05, 4.69) is 24.3 Å². The van der Waals surface area contributed by atoms with Crippen LogP contribution in [0.2, 0.25) is 0 Å². The predicted molar refractivity (Wildman–Crippen MR) is 74.7 cm³/mol. The first-order valence-corrected chi connectivity index (χ1v) is 5.86. The van der Waals surface area contributed by atoms with Gasteiger partial charge in [-0.1, -0.05) is 66.7 Å². The average molecular weight is 237 g/mol. The molecule has 0 bridgehead atoms. The summed E-state index contributed by atoms with van der Waals surface area (Å²) < 4.78 is 0. The number of nitrogens with two attached hydrogens (primary N) is 1. The molecular formula is C16H15NO. The van der Waals surface area contributed by atoms with Crippen molar-refractivity contribution in [3.8, 4) is 11.1 Å². The van der Waals surface area contributed by atoms with Gasteiger partial charge in [-0.25, -0.2) is 0 Å². The Hall–Kier alpha value is -2.35. The van der Waals surface area contributed by atoms with Crippen LogP contribution in [-0.4, -0.2) is 5.91 Å². The highest BCUT2D eigenvalue weighted by atomic mass is 16.1. The number of rotatable bonds is 4. The molecule has 0 fully saturated rings. The molecule has 0 atom stereocenters. The highest BCUT2D eigenvalue weighted by Gasteiger charge is 1.95. The van der Waals surface area contributed by atoms with Crippen molar-refractivity contribution in [3.63, 3.8) is 0 Å². The molecule has 0 aliphatic rings. The van der Waals surface area contributed by atoms with Crippen LogP contribution in [0.4, 0.5) is 0 Å². The molecule has 90 valence electrons. The highest BCUT2D eigenvalue weighted by Crippen LogP contribution is 2.19. The summed E-state index contributed by atoms with van der Waals surface area (Å²) in [4.78, 5) is 10.6. The van der Waals surface area contributed by atoms with Gasteiger partial charge in [0.05, 0.1) is 0 Å². The maximum absolute atomic E-state index is 10.6. The Balaban J connectivity index is 2.11. The third-order valence-corrected chi connectivity index (χ3v) is 2.65. The van der Waals surface area contributed by atoms with E-state index in [0.29, 0.717) is 0 Å². The predicted octanol–water partition coefficient (Wildman–Crippen LogP) is 3.24. The van der Waals surface area contributed by atoms with Crippen LogP contribution in [0.1, 0.15) is 12.0 Å². The standard InChI is InChI=1S/C16H15NO/c17-16(18)8-4-5-13-9-11-15(12-10-13)14-6-2-1-3-7-14/h1-7,9-12H,8H2,(H2,17,18). The van der Waals surface area contributed by atoms with Crippen LogP contribution in [0.3, 0.4) is 0 Å². The molecule has 2 aromatic rings. The molecule has 0 aliphatic carbocycles. The number of benzene rings is 2. The normalized spacial score (nSPS) is 10.7. The number of primary amides is 1. The van der Waals surface area contributed by atoms with Gasteiger partial charge in [-0.3, -0.25) is 4.79 Å². The van der Waals surface area contributed by atoms with E-state index in [4.69, 9.17) is 5.73 Å². The van der Waals surface area contributed by atoms with Crippen molar-refractivity contribution in [1.29, 1.82) is 0 Å². The number of amides is 1. The fourth-order valence-corrected chi connectivity index (χ4v) is 1.73. The van der Waals surface area contributed by atoms with Gasteiger partial charge in [0.15, 0.2) is 0 Å². The lowest BCUT2D eigenvalue weighted by atomic mass is 10.0. The maximum Gasteiger partial charge on any atom is 0.221 e. The van der Waals surface area contributed by atoms with Crippen LogP contribution >= 0.6 is 0 Å². The molecule has 2 N–H and O–H groups in total. The highest BCUT2D eigenvalue weighted by molar-refractivity contribution is 5.76. The van der Waals surface area contributed by atoms with E-state index in [1.807, 2.05) is 36.4 Å². The number of hydrogen-bond donors (Lipinski definition) is 1. The van der Waals surface area contributed by atoms with Gasteiger partial charge in [0.25, 0.3) is 0 Å². The van der Waals surface area contributed by atoms with Crippen molar-refractivity contribution in [2.45, 2.75) is 6.42 Å². The van der Waals surface area contributed by atoms with Crippen LogP contribution < -0.4 is 5.73 Å². The topological polar surface area (TPSA) is 43.1 Å². The average Bonchev–Trinajstić information content (AvgIpc) is 2.40. The molecular weight excluding hydrogens is 222 g/mol. The summed E-state index contributed by atoms with van der Waals surface area (Å²) in [6.07, 6.45) is 3.96. The second kappa shape index (κ2) is 5.82. The lowest BCUT2D eigenvalue weighted by Gasteiger charge is -2.01. The van der Waals surface area contributed by atoms with Gasteiger partial charge in [0, 0.05) is 6.42 Å². The van der Waals surface area contributed by atoms with Crippen LogP contribution in [0.5, 0.6) is 0 Å². The van der Waals surface area contributed by atoms with Gasteiger partial charge in [-0.05, 0) is 16.7 Å². The summed E-state index contributed by atoms with van der Waals surface area (Å²) >= 11 is 0. The maximum atomic E-state index is 10.6. The van der Waals surface area contributed by atoms with Crippen molar-refractivity contribution in [2.24, 2.45) is 5.73 Å². The van der Waals surface area contributed by atoms with E-state index >= 15 is 0 Å². The molecule has 2 nitrogen and oxygen atoms in total. The first-order chi connectivity index (χ1) is 8.75. The molecule has 0 aliphatic heterocycles. The SMILES string of the molecule is NC(=O)CC=Cc1ccc(-c2ccccc2)cc1. The van der Waals surface area contributed by atoms with Gasteiger partial charge in [-0.2, -0.15) is 0 Å². The second-order valence-corrected chi connectivity index (χ2v) is 4.06. The zero-order valence-corrected chi connectivity index (χ0v) is 10.0. The van der Waals surface area contributed by atoms with Crippen molar-refractivity contribution in [1.82, 2.24) is 0 Å². The molecule has 0 spiro atoms. The van der Waals surface area contributed by atoms with Crippen molar-refractivity contribution in [2.75, 3.05) is 0 Å². The summed E-state index contributed by atoms with van der Waals surface area (Å²) in [6.45, 7) is 0. The van der Waals surface area contributed by atoms with E-state index in [1.54, 1.807) is 6.08 Å². The minimum absolute atomic E-state index is 0.278. The Morgan fingerprint density at radius 1 is 0.944 bits per heavy atom. The Morgan fingerprint density at radius 3 is 2.17 bits per heavy atom. The number of hydrogen-bond acceptors (Lipinski definition) is 1. The molecule has 18 heavy (non-hydrogen) atoms. The van der Waals surface area contributed by atoms with Crippen molar-refractivity contribution in [3.05, 3.63) is 66.2 Å². The van der Waals surface area contributed by atoms with Crippen LogP contribution in [0.15, 0.2) is 60.7 Å². The molecule has 0 radical (unpaired) electrons. The fourth-order valence-electron chi connectivity index (χ4n) is 1.73. The Bertz CT molecular complexity index is 541. The van der Waals surface area contributed by atoms with E-state index in [-0.39, 0.29) is 12.3 Å². The number of carbonyl (C=O) groups excluding carboxylic acids is 1. The van der Waals surface area contributed by atoms with Crippen molar-refractivity contribution >= 4 is 12.0 Å². The quantitative estimate of drug-likeness (QED) is 0.871. The summed E-state index contributed by atoms with van der Waals surface area (Å²) in [5, 5.41) is 0. The lowest BCUT2D eigenvalue weighted by molar-refractivity contribution is -0.117. The second-order valence-electron chi connectivity index (χ2n) is 4.06. The summed E-state index contributed by atoms with van der Waals surface area (Å²) in [5.74, 6) is -0.313. The minimum atomic E-state index is -0.313. The zero-order chi connectivity index (χ0) is 12.8. The third-order valence-electron chi connectivity index (χ3n) is 2.65. The van der Waals surface area contributed by atoms with E-state index in [9.17, 15) is 4.79 Å². The molecule has 2 heteroatoms. The number of carbonyl (C=O) groups is 1. The molecule has 1 amide bonds. The summed E-state index contributed by atoms with van der Waals surface area (Å²) in [7, 11) is 0. The molecule has 0 saturated heterocycles. The summed E-state index contributed by atoms with van der Waals surface area (Å²) in [5.41, 5.74) is 8.51. The van der Waals surface area contributed by atoms with Crippen LogP contribution in [-0.2, 0) is 4.79 Å². The van der Waals surface area contributed by atoms with Gasteiger partial charge in [0.2, 0.25) is 5.91 Å². The van der Waals surface area contributed by atoms with Crippen molar-refractivity contribution < 1.29 is 4.79 Å². The van der Waals surface area contributed by atoms with Gasteiger partial charge >= 0.3 is 0 Å². The Labute approximate surface area is 107 Å². The smallest absolute Gasteiger partial charge is 0.221 e. The lowest BCUT2D eigenvalue weighted by Crippen LogP contribution is -2.07. The zero-order valence-electron chi connectivity index (χ0n) is 10.0. The van der Waals surface area contributed by atoms with E-state index < -0.39 is 0 Å². The molecule has 0 unspecified atom stereocenters. The fraction of sp³-hybridized carbons (Fsp3) is 0.0625. The molecule has 2 rings (SSSR count). The third kappa shape index (κ3) is 3.32. The van der Waals surface area contributed by atoms with Crippen LogP contribution in [0, 0.1) is 0 Å². The summed E-state index contributed by atoms with van der Waals surface area (Å²) in [6, 6.07) is 18.4. The van der Waals surface area contributed by atoms with E-state index in [1.165, 1.54) is 11.1 Å². The molecule has 0 heterocycles. The first kappa shape index (κ1) is 12.1. The van der Waals surface area contributed by atoms with Gasteiger partial charge in [-0.15, -0.1) is 0 Å². The largest absolute Gasteiger partial charge is 0.369 e. The van der Waals surface area contributed by atoms with E-state index in [0.717, 1.165) is 5.56 Å². The Morgan fingerprint density at radius 2 is 1.56 bits per heavy atom. The monoisotopic (exact) mass is 237 g/mol. The van der Waals surface area contributed by atoms with Gasteiger partial charge in [0.1, 0.15) is 0 Å². The molecule has 2 aromatic carbocycles. The molecule has 0 saturated carbocycles. The minimum Gasteiger partial charge on any atom is -0.369 e. The Kier molecular flexibility index (Phi) is 3.92. The molecule has 0 aromatic heterocycles. The van der Waals surface area contributed by atoms with Gasteiger partial charge < -0.3 is 5.73 Å². The van der Waals surface area contributed by atoms with Crippen LogP contribution in [0.25, 0.3) is 17.2 Å².